The van der Waals surface area contributed by atoms with Gasteiger partial charge in [-0.3, -0.25) is 4.79 Å². The third kappa shape index (κ3) is 5.44. The highest BCUT2D eigenvalue weighted by Crippen LogP contribution is 2.33. The molecule has 1 aliphatic rings. The van der Waals surface area contributed by atoms with Crippen LogP contribution in [-0.4, -0.2) is 74.3 Å². The smallest absolute Gasteiger partial charge is 0.320 e. The van der Waals surface area contributed by atoms with Crippen molar-refractivity contribution < 1.29 is 28.2 Å². The first-order chi connectivity index (χ1) is 14.5. The molecule has 3 amide bonds. The standard InChI is InChI=1S/C21H27N3O6/c1-22(2)21(26)23(8-10-27-3)14-20(25)24(13-17-5-4-9-28-17)12-16-6-7-18-19(11-16)30-15-29-18/h4-7,9,11H,8,10,12-15H2,1-3H3. The molecule has 0 saturated heterocycles. The Balaban J connectivity index is 1.76. The summed E-state index contributed by atoms with van der Waals surface area (Å²) in [6.07, 6.45) is 1.57. The second kappa shape index (κ2) is 10.0. The molecule has 2 heterocycles. The van der Waals surface area contributed by atoms with Crippen molar-refractivity contribution in [2.24, 2.45) is 0 Å². The molecule has 0 saturated carbocycles. The van der Waals surface area contributed by atoms with Crippen molar-refractivity contribution >= 4 is 11.9 Å². The topological polar surface area (TPSA) is 84.7 Å². The second-order valence-corrected chi connectivity index (χ2v) is 7.11. The molecular formula is C21H27N3O6. The van der Waals surface area contributed by atoms with Crippen LogP contribution in [0.4, 0.5) is 4.79 Å². The van der Waals surface area contributed by atoms with Gasteiger partial charge in [-0.25, -0.2) is 4.79 Å². The first-order valence-electron chi connectivity index (χ1n) is 9.61. The summed E-state index contributed by atoms with van der Waals surface area (Å²) in [5.41, 5.74) is 0.890. The van der Waals surface area contributed by atoms with Gasteiger partial charge in [0, 0.05) is 34.3 Å². The zero-order valence-electron chi connectivity index (χ0n) is 17.5. The fraction of sp³-hybridized carbons (Fsp3) is 0.429. The van der Waals surface area contributed by atoms with Crippen LogP contribution in [0.3, 0.4) is 0 Å². The Hall–Kier alpha value is -3.20. The summed E-state index contributed by atoms with van der Waals surface area (Å²) in [6.45, 7) is 1.41. The number of fused-ring (bicyclic) bond motifs is 1. The van der Waals surface area contributed by atoms with E-state index in [4.69, 9.17) is 18.6 Å². The lowest BCUT2D eigenvalue weighted by Crippen LogP contribution is -2.47. The van der Waals surface area contributed by atoms with E-state index < -0.39 is 0 Å². The van der Waals surface area contributed by atoms with Gasteiger partial charge in [0.2, 0.25) is 12.7 Å². The van der Waals surface area contributed by atoms with E-state index in [2.05, 4.69) is 0 Å². The molecule has 0 N–H and O–H groups in total. The van der Waals surface area contributed by atoms with Crippen molar-refractivity contribution in [3.63, 3.8) is 0 Å². The van der Waals surface area contributed by atoms with Gasteiger partial charge >= 0.3 is 6.03 Å². The Morgan fingerprint density at radius 1 is 1.07 bits per heavy atom. The first-order valence-corrected chi connectivity index (χ1v) is 9.61. The number of furan rings is 1. The molecule has 30 heavy (non-hydrogen) atoms. The van der Waals surface area contributed by atoms with E-state index in [1.54, 1.807) is 38.4 Å². The van der Waals surface area contributed by atoms with Crippen LogP contribution in [0, 0.1) is 0 Å². The average molecular weight is 417 g/mol. The molecule has 0 atom stereocenters. The molecule has 9 heteroatoms. The van der Waals surface area contributed by atoms with Crippen LogP contribution in [0.2, 0.25) is 0 Å². The highest BCUT2D eigenvalue weighted by molar-refractivity contribution is 5.84. The first kappa shape index (κ1) is 21.5. The Labute approximate surface area is 175 Å². The van der Waals surface area contributed by atoms with Crippen LogP contribution in [0.15, 0.2) is 41.0 Å². The quantitative estimate of drug-likeness (QED) is 0.622. The van der Waals surface area contributed by atoms with E-state index >= 15 is 0 Å². The molecule has 0 spiro atoms. The number of rotatable bonds is 9. The summed E-state index contributed by atoms with van der Waals surface area (Å²) in [5, 5.41) is 0. The fourth-order valence-corrected chi connectivity index (χ4v) is 3.07. The van der Waals surface area contributed by atoms with E-state index in [-0.39, 0.29) is 31.8 Å². The van der Waals surface area contributed by atoms with E-state index in [0.717, 1.165) is 5.56 Å². The summed E-state index contributed by atoms with van der Waals surface area (Å²) in [5.74, 6) is 1.80. The summed E-state index contributed by atoms with van der Waals surface area (Å²) < 4.78 is 21.3. The molecular weight excluding hydrogens is 390 g/mol. The normalized spacial score (nSPS) is 12.0. The van der Waals surface area contributed by atoms with Gasteiger partial charge in [-0.2, -0.15) is 0 Å². The van der Waals surface area contributed by atoms with Crippen molar-refractivity contribution in [3.8, 4) is 11.5 Å². The number of carbonyl (C=O) groups is 2. The van der Waals surface area contributed by atoms with Crippen LogP contribution in [0.5, 0.6) is 11.5 Å². The molecule has 1 aromatic carbocycles. The number of amides is 3. The van der Waals surface area contributed by atoms with Crippen molar-refractivity contribution in [1.29, 1.82) is 0 Å². The number of hydrogen-bond donors (Lipinski definition) is 0. The highest BCUT2D eigenvalue weighted by Gasteiger charge is 2.24. The maximum atomic E-state index is 13.2. The van der Waals surface area contributed by atoms with Gasteiger partial charge in [0.25, 0.3) is 0 Å². The maximum Gasteiger partial charge on any atom is 0.320 e. The van der Waals surface area contributed by atoms with E-state index in [9.17, 15) is 9.59 Å². The van der Waals surface area contributed by atoms with Crippen LogP contribution in [0.1, 0.15) is 11.3 Å². The molecule has 9 nitrogen and oxygen atoms in total. The zero-order valence-corrected chi connectivity index (χ0v) is 17.5. The number of benzene rings is 1. The van der Waals surface area contributed by atoms with E-state index in [0.29, 0.717) is 37.0 Å². The molecule has 0 bridgehead atoms. The highest BCUT2D eigenvalue weighted by atomic mass is 16.7. The van der Waals surface area contributed by atoms with Gasteiger partial charge in [-0.1, -0.05) is 6.07 Å². The molecule has 0 unspecified atom stereocenters. The Morgan fingerprint density at radius 2 is 1.87 bits per heavy atom. The summed E-state index contributed by atoms with van der Waals surface area (Å²) >= 11 is 0. The minimum absolute atomic E-state index is 0.0639. The molecule has 0 aliphatic carbocycles. The molecule has 162 valence electrons. The summed E-state index contributed by atoms with van der Waals surface area (Å²) in [4.78, 5) is 30.2. The van der Waals surface area contributed by atoms with Crippen LogP contribution in [0.25, 0.3) is 0 Å². The lowest BCUT2D eigenvalue weighted by molar-refractivity contribution is -0.133. The van der Waals surface area contributed by atoms with Gasteiger partial charge < -0.3 is 33.3 Å². The number of hydrogen-bond acceptors (Lipinski definition) is 6. The number of nitrogens with zero attached hydrogens (tertiary/aromatic N) is 3. The largest absolute Gasteiger partial charge is 0.467 e. The van der Waals surface area contributed by atoms with Gasteiger partial charge in [-0.05, 0) is 29.8 Å². The SMILES string of the molecule is COCCN(CC(=O)N(Cc1ccc2c(c1)OCO2)Cc1ccco1)C(=O)N(C)C. The third-order valence-electron chi connectivity index (χ3n) is 4.63. The van der Waals surface area contributed by atoms with E-state index in [1.807, 2.05) is 24.3 Å². The summed E-state index contributed by atoms with van der Waals surface area (Å²) in [7, 11) is 4.86. The van der Waals surface area contributed by atoms with Gasteiger partial charge in [0.05, 0.1) is 19.4 Å². The lowest BCUT2D eigenvalue weighted by atomic mass is 10.2. The molecule has 1 aromatic heterocycles. The van der Waals surface area contributed by atoms with Gasteiger partial charge in [0.1, 0.15) is 12.3 Å². The van der Waals surface area contributed by atoms with Crippen LogP contribution in [-0.2, 0) is 22.6 Å². The number of ether oxygens (including phenoxy) is 3. The van der Waals surface area contributed by atoms with Crippen LogP contribution < -0.4 is 9.47 Å². The summed E-state index contributed by atoms with van der Waals surface area (Å²) in [6, 6.07) is 8.92. The van der Waals surface area contributed by atoms with Crippen molar-refractivity contribution in [3.05, 3.63) is 47.9 Å². The zero-order chi connectivity index (χ0) is 21.5. The van der Waals surface area contributed by atoms with Crippen molar-refractivity contribution in [2.45, 2.75) is 13.1 Å². The monoisotopic (exact) mass is 417 g/mol. The Bertz CT molecular complexity index is 852. The van der Waals surface area contributed by atoms with Gasteiger partial charge in [0.15, 0.2) is 11.5 Å². The van der Waals surface area contributed by atoms with E-state index in [1.165, 1.54) is 9.80 Å². The predicted octanol–water partition coefficient (Wildman–Crippen LogP) is 2.17. The maximum absolute atomic E-state index is 13.2. The Morgan fingerprint density at radius 3 is 2.57 bits per heavy atom. The van der Waals surface area contributed by atoms with Crippen LogP contribution >= 0.6 is 0 Å². The Kier molecular flexibility index (Phi) is 7.18. The predicted molar refractivity (Wildman–Crippen MR) is 108 cm³/mol. The van der Waals surface area contributed by atoms with Gasteiger partial charge in [-0.15, -0.1) is 0 Å². The lowest BCUT2D eigenvalue weighted by Gasteiger charge is -2.29. The third-order valence-corrected chi connectivity index (χ3v) is 4.63. The molecule has 2 aromatic rings. The minimum atomic E-state index is -0.249. The molecule has 0 fully saturated rings. The molecule has 3 rings (SSSR count). The molecule has 1 aliphatic heterocycles. The minimum Gasteiger partial charge on any atom is -0.467 e. The fourth-order valence-electron chi connectivity index (χ4n) is 3.07. The number of methoxy groups -OCH3 is 1. The number of carbonyl (C=O) groups excluding carboxylic acids is 2. The van der Waals surface area contributed by atoms with Crippen molar-refractivity contribution in [1.82, 2.24) is 14.7 Å². The average Bonchev–Trinajstić information content (AvgIpc) is 3.41. The van der Waals surface area contributed by atoms with Crippen molar-refractivity contribution in [2.75, 3.05) is 47.7 Å². The molecule has 0 radical (unpaired) electrons. The second-order valence-electron chi connectivity index (χ2n) is 7.11. The number of urea groups is 1.